The van der Waals surface area contributed by atoms with Gasteiger partial charge in [-0.05, 0) is 18.8 Å². The first kappa shape index (κ1) is 18.2. The van der Waals surface area contributed by atoms with Crippen LogP contribution in [-0.4, -0.2) is 62.4 Å². The Bertz CT molecular complexity index is 554. The minimum atomic E-state index is -3.33. The minimum Gasteiger partial charge on any atom is -0.378 e. The Balaban J connectivity index is 2.15. The molecular formula is C15H26N2O5S. The molecule has 2 aliphatic rings. The van der Waals surface area contributed by atoms with Crippen LogP contribution in [0.25, 0.3) is 0 Å². The molecule has 0 radical (unpaired) electrons. The molecule has 8 heteroatoms. The average molecular weight is 346 g/mol. The van der Waals surface area contributed by atoms with E-state index in [1.807, 2.05) is 13.8 Å². The second-order valence-electron chi connectivity index (χ2n) is 6.87. The molecule has 2 N–H and O–H groups in total. The fraction of sp³-hybridized carbons (Fsp3) is 0.867. The molecule has 23 heavy (non-hydrogen) atoms. The standard InChI is InChI=1S/C15H26N2O5S/c1-10(2)9-23(20,21)11-7-12(14(16)18)13(8-11)15(19)17-3-5-22-6-4-17/h10-13H,3-9H2,1-2H3,(H2,16,18)/t11-,12-,13-/m1/s1. The predicted octanol–water partition coefficient (Wildman–Crippen LogP) is -0.204. The molecule has 2 fully saturated rings. The summed E-state index contributed by atoms with van der Waals surface area (Å²) in [7, 11) is -3.33. The molecule has 1 aliphatic heterocycles. The number of nitrogens with zero attached hydrogens (tertiary/aromatic N) is 1. The van der Waals surface area contributed by atoms with Gasteiger partial charge in [-0.3, -0.25) is 9.59 Å². The van der Waals surface area contributed by atoms with E-state index in [9.17, 15) is 18.0 Å². The third-order valence-electron chi connectivity index (χ3n) is 4.60. The molecule has 0 spiro atoms. The Morgan fingerprint density at radius 2 is 1.74 bits per heavy atom. The van der Waals surface area contributed by atoms with Crippen molar-refractivity contribution >= 4 is 21.7 Å². The molecular weight excluding hydrogens is 320 g/mol. The highest BCUT2D eigenvalue weighted by molar-refractivity contribution is 7.92. The molecule has 2 amide bonds. The van der Waals surface area contributed by atoms with E-state index in [1.165, 1.54) is 0 Å². The van der Waals surface area contributed by atoms with E-state index in [0.29, 0.717) is 26.3 Å². The normalized spacial score (nSPS) is 29.0. The summed E-state index contributed by atoms with van der Waals surface area (Å²) in [5, 5.41) is -0.655. The van der Waals surface area contributed by atoms with Gasteiger partial charge in [-0.2, -0.15) is 0 Å². The largest absolute Gasteiger partial charge is 0.378 e. The summed E-state index contributed by atoms with van der Waals surface area (Å²) in [4.78, 5) is 26.1. The third-order valence-corrected chi connectivity index (χ3v) is 7.13. The number of sulfone groups is 1. The Labute approximate surface area is 137 Å². The van der Waals surface area contributed by atoms with Crippen LogP contribution in [0.5, 0.6) is 0 Å². The minimum absolute atomic E-state index is 0.0148. The molecule has 2 rings (SSSR count). The van der Waals surface area contributed by atoms with Gasteiger partial charge in [0.25, 0.3) is 0 Å². The molecule has 7 nitrogen and oxygen atoms in total. The predicted molar refractivity (Wildman–Crippen MR) is 85.2 cm³/mol. The molecule has 1 saturated carbocycles. The van der Waals surface area contributed by atoms with Crippen LogP contribution in [-0.2, 0) is 24.2 Å². The maximum atomic E-state index is 12.7. The van der Waals surface area contributed by atoms with Crippen LogP contribution in [0.2, 0.25) is 0 Å². The lowest BCUT2D eigenvalue weighted by Gasteiger charge is -2.30. The molecule has 0 aromatic carbocycles. The Morgan fingerprint density at radius 1 is 1.17 bits per heavy atom. The first-order chi connectivity index (χ1) is 10.7. The fourth-order valence-electron chi connectivity index (χ4n) is 3.49. The number of amides is 2. The van der Waals surface area contributed by atoms with Gasteiger partial charge >= 0.3 is 0 Å². The van der Waals surface area contributed by atoms with Crippen molar-refractivity contribution in [2.75, 3.05) is 32.1 Å². The lowest BCUT2D eigenvalue weighted by molar-refractivity contribution is -0.143. The third kappa shape index (κ3) is 4.23. The average Bonchev–Trinajstić information content (AvgIpc) is 2.92. The maximum Gasteiger partial charge on any atom is 0.226 e. The van der Waals surface area contributed by atoms with Gasteiger partial charge in [0.15, 0.2) is 9.84 Å². The van der Waals surface area contributed by atoms with Crippen LogP contribution in [0.3, 0.4) is 0 Å². The van der Waals surface area contributed by atoms with Crippen molar-refractivity contribution < 1.29 is 22.7 Å². The molecule has 1 saturated heterocycles. The number of hydrogen-bond acceptors (Lipinski definition) is 5. The van der Waals surface area contributed by atoms with Crippen LogP contribution >= 0.6 is 0 Å². The van der Waals surface area contributed by atoms with E-state index in [0.717, 1.165) is 0 Å². The summed E-state index contributed by atoms with van der Waals surface area (Å²) in [5.74, 6) is -1.99. The first-order valence-corrected chi connectivity index (χ1v) is 9.81. The van der Waals surface area contributed by atoms with E-state index < -0.39 is 32.8 Å². The van der Waals surface area contributed by atoms with Crippen molar-refractivity contribution in [3.63, 3.8) is 0 Å². The van der Waals surface area contributed by atoms with Crippen LogP contribution < -0.4 is 5.73 Å². The number of ether oxygens (including phenoxy) is 1. The van der Waals surface area contributed by atoms with Crippen LogP contribution in [0.4, 0.5) is 0 Å². The van der Waals surface area contributed by atoms with Crippen LogP contribution in [0.1, 0.15) is 26.7 Å². The second kappa shape index (κ2) is 7.17. The van der Waals surface area contributed by atoms with Gasteiger partial charge in [0.1, 0.15) is 0 Å². The summed E-state index contributed by atoms with van der Waals surface area (Å²) in [6.07, 6.45) is 0.351. The Kier molecular flexibility index (Phi) is 5.67. The van der Waals surface area contributed by atoms with Crippen molar-refractivity contribution in [3.8, 4) is 0 Å². The summed E-state index contributed by atoms with van der Waals surface area (Å²) in [6, 6.07) is 0. The molecule has 0 bridgehead atoms. The molecule has 0 unspecified atom stereocenters. The number of rotatable bonds is 5. The first-order valence-electron chi connectivity index (χ1n) is 8.09. The van der Waals surface area contributed by atoms with Gasteiger partial charge in [-0.15, -0.1) is 0 Å². The SMILES string of the molecule is CC(C)CS(=O)(=O)[C@@H]1C[C@@H](C(N)=O)[C@H](C(=O)N2CCOCC2)C1. The number of primary amides is 1. The summed E-state index contributed by atoms with van der Waals surface area (Å²) >= 11 is 0. The monoisotopic (exact) mass is 346 g/mol. The Morgan fingerprint density at radius 3 is 2.26 bits per heavy atom. The summed E-state index contributed by atoms with van der Waals surface area (Å²) in [5.41, 5.74) is 5.43. The molecule has 132 valence electrons. The van der Waals surface area contributed by atoms with E-state index in [1.54, 1.807) is 4.90 Å². The zero-order valence-corrected chi connectivity index (χ0v) is 14.5. The van der Waals surface area contributed by atoms with Crippen molar-refractivity contribution in [1.82, 2.24) is 4.90 Å². The van der Waals surface area contributed by atoms with Gasteiger partial charge in [0.2, 0.25) is 11.8 Å². The van der Waals surface area contributed by atoms with Gasteiger partial charge in [0, 0.05) is 13.1 Å². The lowest BCUT2D eigenvalue weighted by Crippen LogP contribution is -2.46. The zero-order valence-electron chi connectivity index (χ0n) is 13.7. The highest BCUT2D eigenvalue weighted by atomic mass is 32.2. The highest BCUT2D eigenvalue weighted by Crippen LogP contribution is 2.37. The number of nitrogens with two attached hydrogens (primary N) is 1. The quantitative estimate of drug-likeness (QED) is 0.742. The molecule has 1 heterocycles. The second-order valence-corrected chi connectivity index (χ2v) is 9.20. The molecule has 0 aromatic heterocycles. The molecule has 3 atom stereocenters. The van der Waals surface area contributed by atoms with E-state index in [-0.39, 0.29) is 30.4 Å². The van der Waals surface area contributed by atoms with Crippen LogP contribution in [0.15, 0.2) is 0 Å². The van der Waals surface area contributed by atoms with Crippen molar-refractivity contribution in [3.05, 3.63) is 0 Å². The van der Waals surface area contributed by atoms with Gasteiger partial charge < -0.3 is 15.4 Å². The van der Waals surface area contributed by atoms with E-state index in [2.05, 4.69) is 0 Å². The fourth-order valence-corrected chi connectivity index (χ4v) is 5.69. The number of carbonyl (C=O) groups is 2. The molecule has 1 aliphatic carbocycles. The van der Waals surface area contributed by atoms with Gasteiger partial charge in [-0.25, -0.2) is 8.42 Å². The highest BCUT2D eigenvalue weighted by Gasteiger charge is 2.47. The summed E-state index contributed by atoms with van der Waals surface area (Å²) in [6.45, 7) is 5.57. The van der Waals surface area contributed by atoms with Crippen molar-refractivity contribution in [1.29, 1.82) is 0 Å². The number of morpholine rings is 1. The molecule has 0 aromatic rings. The number of carbonyl (C=O) groups excluding carboxylic acids is 2. The van der Waals surface area contributed by atoms with E-state index >= 15 is 0 Å². The maximum absolute atomic E-state index is 12.7. The topological polar surface area (TPSA) is 107 Å². The lowest BCUT2D eigenvalue weighted by atomic mass is 9.94. The number of hydrogen-bond donors (Lipinski definition) is 1. The Hall–Kier alpha value is -1.15. The van der Waals surface area contributed by atoms with Crippen molar-refractivity contribution in [2.24, 2.45) is 23.5 Å². The van der Waals surface area contributed by atoms with Crippen LogP contribution in [0, 0.1) is 17.8 Å². The summed E-state index contributed by atoms with van der Waals surface area (Å²) < 4.78 is 30.1. The zero-order chi connectivity index (χ0) is 17.2. The van der Waals surface area contributed by atoms with E-state index in [4.69, 9.17) is 10.5 Å². The smallest absolute Gasteiger partial charge is 0.226 e. The van der Waals surface area contributed by atoms with Gasteiger partial charge in [-0.1, -0.05) is 13.8 Å². The van der Waals surface area contributed by atoms with Crippen molar-refractivity contribution in [2.45, 2.75) is 31.9 Å². The van der Waals surface area contributed by atoms with Gasteiger partial charge in [0.05, 0.1) is 36.1 Å².